The minimum absolute atomic E-state index is 0.0312. The first kappa shape index (κ1) is 11.7. The maximum Gasteiger partial charge on any atom is 0.269 e. The molecule has 2 N–H and O–H groups in total. The molecule has 0 saturated carbocycles. The summed E-state index contributed by atoms with van der Waals surface area (Å²) in [6.07, 6.45) is 0.170. The number of nitro benzene ring substituents is 1. The van der Waals surface area contributed by atoms with E-state index in [1.807, 2.05) is 0 Å². The van der Waals surface area contributed by atoms with Crippen molar-refractivity contribution in [3.8, 4) is 6.07 Å². The van der Waals surface area contributed by atoms with Crippen molar-refractivity contribution in [2.24, 2.45) is 11.7 Å². The van der Waals surface area contributed by atoms with E-state index in [4.69, 9.17) is 11.0 Å². The standard InChI is InChI=1S/C10H9N3O3/c11-6-8(10(12)14)5-7-1-3-9(4-2-7)13(15)16/h1-4,8H,5H2,(H2,12,14). The van der Waals surface area contributed by atoms with Gasteiger partial charge in [-0.1, -0.05) is 12.1 Å². The first-order valence-electron chi connectivity index (χ1n) is 4.47. The van der Waals surface area contributed by atoms with Crippen LogP contribution in [-0.4, -0.2) is 10.8 Å². The zero-order valence-electron chi connectivity index (χ0n) is 8.29. The van der Waals surface area contributed by atoms with E-state index in [1.165, 1.54) is 24.3 Å². The molecule has 1 aromatic carbocycles. The molecule has 0 spiro atoms. The van der Waals surface area contributed by atoms with Gasteiger partial charge in [0.2, 0.25) is 5.91 Å². The molecular formula is C10H9N3O3. The van der Waals surface area contributed by atoms with Gasteiger partial charge in [0.1, 0.15) is 5.92 Å². The maximum atomic E-state index is 10.8. The topological polar surface area (TPSA) is 110 Å². The molecule has 0 heterocycles. The van der Waals surface area contributed by atoms with Gasteiger partial charge in [-0.2, -0.15) is 5.26 Å². The van der Waals surface area contributed by atoms with E-state index in [0.717, 1.165) is 0 Å². The molecule has 0 fully saturated rings. The number of non-ortho nitro benzene ring substituents is 1. The van der Waals surface area contributed by atoms with Gasteiger partial charge in [0.05, 0.1) is 11.0 Å². The van der Waals surface area contributed by atoms with Gasteiger partial charge in [-0.3, -0.25) is 14.9 Å². The second kappa shape index (κ2) is 4.89. The van der Waals surface area contributed by atoms with Crippen LogP contribution in [0.2, 0.25) is 0 Å². The van der Waals surface area contributed by atoms with Crippen LogP contribution < -0.4 is 5.73 Å². The van der Waals surface area contributed by atoms with Crippen LogP contribution in [0.4, 0.5) is 5.69 Å². The Labute approximate surface area is 91.4 Å². The summed E-state index contributed by atoms with van der Waals surface area (Å²) in [5.41, 5.74) is 5.64. The fourth-order valence-corrected chi connectivity index (χ4v) is 1.20. The van der Waals surface area contributed by atoms with Crippen LogP contribution in [0.25, 0.3) is 0 Å². The number of benzene rings is 1. The van der Waals surface area contributed by atoms with Gasteiger partial charge in [-0.15, -0.1) is 0 Å². The molecule has 1 unspecified atom stereocenters. The molecule has 6 nitrogen and oxygen atoms in total. The predicted octanol–water partition coefficient (Wildman–Crippen LogP) is 0.762. The monoisotopic (exact) mass is 219 g/mol. The molecule has 16 heavy (non-hydrogen) atoms. The second-order valence-corrected chi connectivity index (χ2v) is 3.21. The summed E-state index contributed by atoms with van der Waals surface area (Å²) < 4.78 is 0. The van der Waals surface area contributed by atoms with Crippen LogP contribution in [0, 0.1) is 27.4 Å². The van der Waals surface area contributed by atoms with E-state index in [9.17, 15) is 14.9 Å². The molecule has 0 saturated heterocycles. The van der Waals surface area contributed by atoms with Crippen LogP contribution in [-0.2, 0) is 11.2 Å². The third-order valence-corrected chi connectivity index (χ3v) is 2.09. The Kier molecular flexibility index (Phi) is 3.56. The van der Waals surface area contributed by atoms with Crippen molar-refractivity contribution < 1.29 is 9.72 Å². The normalized spacial score (nSPS) is 11.4. The predicted molar refractivity (Wildman–Crippen MR) is 55.1 cm³/mol. The largest absolute Gasteiger partial charge is 0.369 e. The number of hydrogen-bond donors (Lipinski definition) is 1. The fourth-order valence-electron chi connectivity index (χ4n) is 1.20. The summed E-state index contributed by atoms with van der Waals surface area (Å²) in [5, 5.41) is 19.0. The molecule has 1 atom stereocenters. The Morgan fingerprint density at radius 1 is 1.50 bits per heavy atom. The van der Waals surface area contributed by atoms with Crippen molar-refractivity contribution in [3.05, 3.63) is 39.9 Å². The third-order valence-electron chi connectivity index (χ3n) is 2.09. The molecule has 1 rings (SSSR count). The Balaban J connectivity index is 2.80. The number of hydrogen-bond acceptors (Lipinski definition) is 4. The average Bonchev–Trinajstić information content (AvgIpc) is 2.26. The van der Waals surface area contributed by atoms with Gasteiger partial charge in [-0.25, -0.2) is 0 Å². The van der Waals surface area contributed by atoms with Crippen LogP contribution in [0.5, 0.6) is 0 Å². The Bertz CT molecular complexity index is 447. The molecule has 0 aliphatic heterocycles. The fraction of sp³-hybridized carbons (Fsp3) is 0.200. The number of carbonyl (C=O) groups is 1. The van der Waals surface area contributed by atoms with Crippen molar-refractivity contribution in [2.45, 2.75) is 6.42 Å². The molecule has 82 valence electrons. The van der Waals surface area contributed by atoms with E-state index in [2.05, 4.69) is 0 Å². The maximum absolute atomic E-state index is 10.8. The van der Waals surface area contributed by atoms with Gasteiger partial charge in [-0.05, 0) is 12.0 Å². The van der Waals surface area contributed by atoms with Crippen molar-refractivity contribution in [1.29, 1.82) is 5.26 Å². The summed E-state index contributed by atoms with van der Waals surface area (Å²) in [5.74, 6) is -1.60. The molecule has 1 aromatic rings. The van der Waals surface area contributed by atoms with Gasteiger partial charge in [0.25, 0.3) is 5.69 Å². The lowest BCUT2D eigenvalue weighted by Crippen LogP contribution is -2.23. The summed E-state index contributed by atoms with van der Waals surface area (Å²) in [6.45, 7) is 0. The zero-order valence-corrected chi connectivity index (χ0v) is 8.29. The minimum Gasteiger partial charge on any atom is -0.369 e. The van der Waals surface area contributed by atoms with Crippen molar-refractivity contribution >= 4 is 11.6 Å². The highest BCUT2D eigenvalue weighted by molar-refractivity contribution is 5.79. The van der Waals surface area contributed by atoms with E-state index < -0.39 is 16.7 Å². The smallest absolute Gasteiger partial charge is 0.269 e. The molecule has 0 bridgehead atoms. The SMILES string of the molecule is N#CC(Cc1ccc([N+](=O)[O-])cc1)C(N)=O. The molecule has 0 aliphatic carbocycles. The molecule has 0 aromatic heterocycles. The van der Waals surface area contributed by atoms with Crippen molar-refractivity contribution in [1.82, 2.24) is 0 Å². The van der Waals surface area contributed by atoms with E-state index in [-0.39, 0.29) is 12.1 Å². The lowest BCUT2D eigenvalue weighted by Gasteiger charge is -2.04. The lowest BCUT2D eigenvalue weighted by molar-refractivity contribution is -0.384. The summed E-state index contributed by atoms with van der Waals surface area (Å²) in [7, 11) is 0. The number of rotatable bonds is 4. The van der Waals surface area contributed by atoms with Crippen LogP contribution in [0.15, 0.2) is 24.3 Å². The van der Waals surface area contributed by atoms with Crippen molar-refractivity contribution in [2.75, 3.05) is 0 Å². The summed E-state index contributed by atoms with van der Waals surface area (Å²) >= 11 is 0. The number of carbonyl (C=O) groups excluding carboxylic acids is 1. The first-order valence-corrected chi connectivity index (χ1v) is 4.47. The second-order valence-electron chi connectivity index (χ2n) is 3.21. The van der Waals surface area contributed by atoms with E-state index in [1.54, 1.807) is 6.07 Å². The van der Waals surface area contributed by atoms with Crippen LogP contribution in [0.3, 0.4) is 0 Å². The molecule has 0 radical (unpaired) electrons. The highest BCUT2D eigenvalue weighted by Gasteiger charge is 2.15. The average molecular weight is 219 g/mol. The van der Waals surface area contributed by atoms with Crippen LogP contribution >= 0.6 is 0 Å². The molecular weight excluding hydrogens is 210 g/mol. The Hall–Kier alpha value is -2.42. The quantitative estimate of drug-likeness (QED) is 0.595. The lowest BCUT2D eigenvalue weighted by atomic mass is 10.00. The first-order chi connectivity index (χ1) is 7.54. The minimum atomic E-state index is -0.901. The summed E-state index contributed by atoms with van der Waals surface area (Å²) in [6, 6.07) is 7.44. The Morgan fingerprint density at radius 2 is 2.06 bits per heavy atom. The molecule has 1 amide bonds. The van der Waals surface area contributed by atoms with Gasteiger partial charge in [0.15, 0.2) is 0 Å². The summed E-state index contributed by atoms with van der Waals surface area (Å²) in [4.78, 5) is 20.7. The highest BCUT2D eigenvalue weighted by atomic mass is 16.6. The Morgan fingerprint density at radius 3 is 2.44 bits per heavy atom. The third kappa shape index (κ3) is 2.78. The van der Waals surface area contributed by atoms with Gasteiger partial charge in [0, 0.05) is 12.1 Å². The van der Waals surface area contributed by atoms with E-state index in [0.29, 0.717) is 5.56 Å². The number of nitriles is 1. The number of nitrogens with two attached hydrogens (primary N) is 1. The van der Waals surface area contributed by atoms with Crippen molar-refractivity contribution in [3.63, 3.8) is 0 Å². The number of primary amides is 1. The number of nitro groups is 1. The van der Waals surface area contributed by atoms with Gasteiger partial charge < -0.3 is 5.73 Å². The van der Waals surface area contributed by atoms with E-state index >= 15 is 0 Å². The number of amides is 1. The van der Waals surface area contributed by atoms with Crippen LogP contribution in [0.1, 0.15) is 5.56 Å². The van der Waals surface area contributed by atoms with Gasteiger partial charge >= 0.3 is 0 Å². The highest BCUT2D eigenvalue weighted by Crippen LogP contribution is 2.14. The zero-order chi connectivity index (χ0) is 12.1. The molecule has 0 aliphatic rings. The molecule has 6 heteroatoms. The number of nitrogens with zero attached hydrogens (tertiary/aromatic N) is 2.